The van der Waals surface area contributed by atoms with Crippen LogP contribution in [-0.2, 0) is 0 Å². The molecule has 0 bridgehead atoms. The van der Waals surface area contributed by atoms with Gasteiger partial charge in [-0.05, 0) is 0 Å². The molecule has 0 aromatic heterocycles. The van der Waals surface area contributed by atoms with E-state index in [4.69, 9.17) is 5.11 Å². The first-order valence-corrected chi connectivity index (χ1v) is 3.72. The molecule has 64 valence electrons. The predicted molar refractivity (Wildman–Crippen MR) is 41.2 cm³/mol. The van der Waals surface area contributed by atoms with Crippen LogP contribution in [0.3, 0.4) is 0 Å². The normalized spacial score (nSPS) is 21.2. The van der Waals surface area contributed by atoms with Gasteiger partial charge in [-0.3, -0.25) is 0 Å². The number of amides is 2. The molecule has 4 nitrogen and oxygen atoms in total. The number of nitrogens with zero attached hydrogens (tertiary/aromatic N) is 2. The van der Waals surface area contributed by atoms with Crippen molar-refractivity contribution in [3.05, 3.63) is 0 Å². The van der Waals surface area contributed by atoms with Crippen molar-refractivity contribution >= 4 is 6.03 Å². The molecule has 0 aromatic rings. The molecule has 0 aromatic carbocycles. The van der Waals surface area contributed by atoms with Crippen molar-refractivity contribution in [2.75, 3.05) is 33.8 Å². The number of rotatable bonds is 1. The molecule has 4 heteroatoms. The van der Waals surface area contributed by atoms with Gasteiger partial charge in [0.25, 0.3) is 0 Å². The van der Waals surface area contributed by atoms with Crippen molar-refractivity contribution in [2.24, 2.45) is 5.92 Å². The topological polar surface area (TPSA) is 43.8 Å². The number of hydrogen-bond donors (Lipinski definition) is 1. The minimum Gasteiger partial charge on any atom is -0.396 e. The van der Waals surface area contributed by atoms with Crippen molar-refractivity contribution in [2.45, 2.75) is 0 Å². The summed E-state index contributed by atoms with van der Waals surface area (Å²) >= 11 is 0. The van der Waals surface area contributed by atoms with Crippen molar-refractivity contribution in [1.29, 1.82) is 0 Å². The first kappa shape index (κ1) is 8.33. The molecule has 0 unspecified atom stereocenters. The first-order valence-electron chi connectivity index (χ1n) is 3.72. The number of carbonyl (C=O) groups is 1. The second-order valence-corrected chi connectivity index (χ2v) is 3.09. The second-order valence-electron chi connectivity index (χ2n) is 3.09. The van der Waals surface area contributed by atoms with Gasteiger partial charge in [0.15, 0.2) is 0 Å². The monoisotopic (exact) mass is 158 g/mol. The molecule has 0 radical (unpaired) electrons. The largest absolute Gasteiger partial charge is 0.396 e. The Morgan fingerprint density at radius 3 is 2.27 bits per heavy atom. The number of urea groups is 1. The standard InChI is InChI=1S/C7H14N2O2/c1-8-3-6(5-10)4-9(2)7(8)11/h6,10H,3-5H2,1-2H3. The van der Waals surface area contributed by atoms with Crippen LogP contribution in [0.25, 0.3) is 0 Å². The van der Waals surface area contributed by atoms with Crippen molar-refractivity contribution in [1.82, 2.24) is 9.80 Å². The molecule has 1 saturated heterocycles. The summed E-state index contributed by atoms with van der Waals surface area (Å²) in [5.74, 6) is 0.211. The molecular formula is C7H14N2O2. The van der Waals surface area contributed by atoms with Crippen LogP contribution in [-0.4, -0.2) is 54.7 Å². The lowest BCUT2D eigenvalue weighted by Crippen LogP contribution is -2.50. The minimum absolute atomic E-state index is 0.0368. The van der Waals surface area contributed by atoms with Gasteiger partial charge in [-0.25, -0.2) is 4.79 Å². The zero-order chi connectivity index (χ0) is 8.43. The van der Waals surface area contributed by atoms with E-state index in [1.54, 1.807) is 23.9 Å². The summed E-state index contributed by atoms with van der Waals surface area (Å²) in [6.07, 6.45) is 0. The fourth-order valence-corrected chi connectivity index (χ4v) is 1.40. The van der Waals surface area contributed by atoms with E-state index >= 15 is 0 Å². The SMILES string of the molecule is CN1CC(CO)CN(C)C1=O. The molecule has 0 aliphatic carbocycles. The highest BCUT2D eigenvalue weighted by Gasteiger charge is 2.25. The maximum absolute atomic E-state index is 11.2. The molecule has 0 saturated carbocycles. The summed E-state index contributed by atoms with van der Waals surface area (Å²) in [5, 5.41) is 8.85. The molecular weight excluding hydrogens is 144 g/mol. The van der Waals surface area contributed by atoms with Gasteiger partial charge < -0.3 is 14.9 Å². The fourth-order valence-electron chi connectivity index (χ4n) is 1.40. The molecule has 1 aliphatic heterocycles. The highest BCUT2D eigenvalue weighted by molar-refractivity contribution is 5.74. The van der Waals surface area contributed by atoms with Crippen molar-refractivity contribution in [3.63, 3.8) is 0 Å². The lowest BCUT2D eigenvalue weighted by molar-refractivity contribution is 0.100. The van der Waals surface area contributed by atoms with Crippen LogP contribution in [0.15, 0.2) is 0 Å². The fraction of sp³-hybridized carbons (Fsp3) is 0.857. The summed E-state index contributed by atoms with van der Waals surface area (Å²) in [7, 11) is 3.50. The maximum atomic E-state index is 11.2. The maximum Gasteiger partial charge on any atom is 0.319 e. The molecule has 0 spiro atoms. The van der Waals surface area contributed by atoms with E-state index in [-0.39, 0.29) is 18.6 Å². The Labute approximate surface area is 66.4 Å². The Hall–Kier alpha value is -0.770. The van der Waals surface area contributed by atoms with Gasteiger partial charge in [-0.2, -0.15) is 0 Å². The minimum atomic E-state index is 0.0368. The van der Waals surface area contributed by atoms with Crippen LogP contribution in [0, 0.1) is 5.92 Å². The molecule has 1 fully saturated rings. The summed E-state index contributed by atoms with van der Waals surface area (Å²) in [5.41, 5.74) is 0. The van der Waals surface area contributed by atoms with Crippen LogP contribution in [0.2, 0.25) is 0 Å². The zero-order valence-electron chi connectivity index (χ0n) is 6.95. The average molecular weight is 158 g/mol. The van der Waals surface area contributed by atoms with Gasteiger partial charge in [-0.15, -0.1) is 0 Å². The lowest BCUT2D eigenvalue weighted by Gasteiger charge is -2.35. The van der Waals surface area contributed by atoms with Gasteiger partial charge in [0.2, 0.25) is 0 Å². The molecule has 2 amide bonds. The van der Waals surface area contributed by atoms with Gasteiger partial charge >= 0.3 is 6.03 Å². The number of aliphatic hydroxyl groups is 1. The summed E-state index contributed by atoms with van der Waals surface area (Å²) in [4.78, 5) is 14.4. The summed E-state index contributed by atoms with van der Waals surface area (Å²) in [6.45, 7) is 1.49. The Morgan fingerprint density at radius 2 is 1.91 bits per heavy atom. The van der Waals surface area contributed by atoms with Crippen LogP contribution in [0.1, 0.15) is 0 Å². The molecule has 1 aliphatic rings. The third kappa shape index (κ3) is 1.63. The van der Waals surface area contributed by atoms with Crippen molar-refractivity contribution < 1.29 is 9.90 Å². The second kappa shape index (κ2) is 3.09. The van der Waals surface area contributed by atoms with Crippen LogP contribution in [0.4, 0.5) is 4.79 Å². The van der Waals surface area contributed by atoms with Gasteiger partial charge in [0.1, 0.15) is 0 Å². The van der Waals surface area contributed by atoms with Gasteiger partial charge in [0, 0.05) is 39.7 Å². The molecule has 1 rings (SSSR count). The third-order valence-electron chi connectivity index (χ3n) is 1.98. The number of aliphatic hydroxyl groups excluding tert-OH is 1. The van der Waals surface area contributed by atoms with E-state index in [1.165, 1.54) is 0 Å². The Bertz CT molecular complexity index is 147. The zero-order valence-corrected chi connectivity index (χ0v) is 6.95. The van der Waals surface area contributed by atoms with Crippen LogP contribution >= 0.6 is 0 Å². The van der Waals surface area contributed by atoms with Crippen LogP contribution in [0.5, 0.6) is 0 Å². The summed E-state index contributed by atoms with van der Waals surface area (Å²) in [6, 6.07) is 0.0368. The summed E-state index contributed by atoms with van der Waals surface area (Å²) < 4.78 is 0. The Morgan fingerprint density at radius 1 is 1.45 bits per heavy atom. The number of carbonyl (C=O) groups excluding carboxylic acids is 1. The van der Waals surface area contributed by atoms with E-state index < -0.39 is 0 Å². The molecule has 1 heterocycles. The highest BCUT2D eigenvalue weighted by Crippen LogP contribution is 2.09. The third-order valence-corrected chi connectivity index (χ3v) is 1.98. The molecule has 0 atom stereocenters. The van der Waals surface area contributed by atoms with Gasteiger partial charge in [-0.1, -0.05) is 0 Å². The van der Waals surface area contributed by atoms with E-state index in [0.29, 0.717) is 13.1 Å². The predicted octanol–water partition coefficient (Wildman–Crippen LogP) is -0.408. The first-order chi connectivity index (χ1) is 5.15. The lowest BCUT2D eigenvalue weighted by atomic mass is 10.1. The van der Waals surface area contributed by atoms with E-state index in [1.807, 2.05) is 0 Å². The van der Waals surface area contributed by atoms with E-state index in [0.717, 1.165) is 0 Å². The van der Waals surface area contributed by atoms with E-state index in [2.05, 4.69) is 0 Å². The average Bonchev–Trinajstić information content (AvgIpc) is 1.99. The Kier molecular flexibility index (Phi) is 2.34. The molecule has 11 heavy (non-hydrogen) atoms. The van der Waals surface area contributed by atoms with Crippen molar-refractivity contribution in [3.8, 4) is 0 Å². The Balaban J connectivity index is 2.54. The van der Waals surface area contributed by atoms with E-state index in [9.17, 15) is 4.79 Å². The number of hydrogen-bond acceptors (Lipinski definition) is 2. The smallest absolute Gasteiger partial charge is 0.319 e. The quantitative estimate of drug-likeness (QED) is 0.564. The van der Waals surface area contributed by atoms with Gasteiger partial charge in [0.05, 0.1) is 0 Å². The van der Waals surface area contributed by atoms with Crippen LogP contribution < -0.4 is 0 Å². The molecule has 1 N–H and O–H groups in total. The highest BCUT2D eigenvalue weighted by atomic mass is 16.3.